The van der Waals surface area contributed by atoms with Gasteiger partial charge in [0, 0.05) is 57.3 Å². The van der Waals surface area contributed by atoms with Crippen molar-refractivity contribution >= 4 is 30.2 Å². The number of halogens is 3. The van der Waals surface area contributed by atoms with Crippen molar-refractivity contribution in [1.82, 2.24) is 15.5 Å². The number of alkyl halides is 3. The van der Waals surface area contributed by atoms with Gasteiger partial charge in [0.15, 0.2) is 0 Å². The molecule has 4 atom stereocenters. The number of ether oxygens (including phenoxy) is 4. The standard InChI is InChI=1S/C26H35F3N2O4.C20H27NO5/c1-34-23(32)3-2-10-25(11-6-22(16-25)30-21-8-13-35-14-9-21)24(33)31-12-7-18-4-5-20(26(27,28)29)15-19(18)17-31;1-19(2,3)26-18(24)21-16-9-10-20(13-16,11-12-22)17(23)25-14-15-7-5-4-6-8-15/h4-5,15,21-22,30H,2-3,6-14,16-17H2,1H3;4-8,12,16H,9-11,13-14H2,1-3H3,(H,21,24)/t22-,25+;16-,20-/m11/s1. The quantitative estimate of drug-likeness (QED) is 0.117. The molecule has 0 radical (unpaired) electrons. The summed E-state index contributed by atoms with van der Waals surface area (Å²) < 4.78 is 60.7. The molecule has 1 saturated heterocycles. The fraction of sp³-hybridized carbons (Fsp3) is 0.630. The SMILES string of the molecule is CC(C)(C)OC(=O)N[C@@H]1CC[C@](CC=O)(C(=O)OCc2ccccc2)C1.COC(=O)CCC[C@]1(C(=O)N2CCc3ccc(C(F)(F)F)cc3C2)CC[C@@H](NC2CCOCC2)C1. The largest absolute Gasteiger partial charge is 0.469 e. The molecule has 15 heteroatoms. The molecule has 2 aromatic carbocycles. The van der Waals surface area contributed by atoms with Gasteiger partial charge in [0.25, 0.3) is 0 Å². The number of hydrogen-bond donors (Lipinski definition) is 2. The fourth-order valence-electron chi connectivity index (χ4n) is 9.12. The summed E-state index contributed by atoms with van der Waals surface area (Å²) in [6.07, 6.45) is 3.45. The Morgan fingerprint density at radius 3 is 2.26 bits per heavy atom. The summed E-state index contributed by atoms with van der Waals surface area (Å²) in [6.45, 7) is 7.70. The van der Waals surface area contributed by atoms with Crippen molar-refractivity contribution in [3.8, 4) is 0 Å². The molecule has 0 spiro atoms. The van der Waals surface area contributed by atoms with Crippen LogP contribution in [0.25, 0.3) is 0 Å². The lowest BCUT2D eigenvalue weighted by molar-refractivity contribution is -0.158. The monoisotopic (exact) mass is 857 g/mol. The van der Waals surface area contributed by atoms with Crippen LogP contribution in [0.5, 0.6) is 0 Å². The molecule has 2 aromatic rings. The number of nitrogens with one attached hydrogen (secondary N) is 2. The molecule has 4 aliphatic rings. The van der Waals surface area contributed by atoms with Gasteiger partial charge in [-0.05, 0) is 120 Å². The Labute approximate surface area is 356 Å². The first-order valence-corrected chi connectivity index (χ1v) is 21.5. The summed E-state index contributed by atoms with van der Waals surface area (Å²) >= 11 is 0. The van der Waals surface area contributed by atoms with E-state index in [0.717, 1.165) is 56.0 Å². The molecule has 0 unspecified atom stereocenters. The normalized spacial score (nSPS) is 24.1. The van der Waals surface area contributed by atoms with Crippen LogP contribution in [0.3, 0.4) is 0 Å². The Bertz CT molecular complexity index is 1810. The maximum absolute atomic E-state index is 13.9. The van der Waals surface area contributed by atoms with Gasteiger partial charge in [-0.25, -0.2) is 4.79 Å². The number of alkyl carbamates (subject to hydrolysis) is 1. The molecular weight excluding hydrogens is 796 g/mol. The number of benzene rings is 2. The molecule has 2 saturated carbocycles. The molecule has 2 N–H and O–H groups in total. The molecular formula is C46H62F3N3O9. The molecule has 61 heavy (non-hydrogen) atoms. The Hall–Kier alpha value is -4.50. The second-order valence-corrected chi connectivity index (χ2v) is 18.0. The molecule has 3 fully saturated rings. The Balaban J connectivity index is 0.000000242. The lowest BCUT2D eigenvalue weighted by Gasteiger charge is -2.38. The average molecular weight is 858 g/mol. The highest BCUT2D eigenvalue weighted by molar-refractivity contribution is 5.84. The summed E-state index contributed by atoms with van der Waals surface area (Å²) in [5.74, 6) is -0.683. The highest BCUT2D eigenvalue weighted by Crippen LogP contribution is 2.46. The molecule has 0 aromatic heterocycles. The molecule has 2 aliphatic heterocycles. The zero-order valence-electron chi connectivity index (χ0n) is 35.9. The van der Waals surface area contributed by atoms with Gasteiger partial charge < -0.3 is 39.3 Å². The van der Waals surface area contributed by atoms with Crippen LogP contribution in [0.4, 0.5) is 18.0 Å². The summed E-state index contributed by atoms with van der Waals surface area (Å²) in [4.78, 5) is 63.1. The number of nitrogens with zero attached hydrogens (tertiary/aromatic N) is 1. The van der Waals surface area contributed by atoms with Crippen molar-refractivity contribution in [2.75, 3.05) is 26.9 Å². The van der Waals surface area contributed by atoms with E-state index in [1.807, 2.05) is 30.3 Å². The Morgan fingerprint density at radius 2 is 1.59 bits per heavy atom. The third-order valence-electron chi connectivity index (χ3n) is 12.3. The summed E-state index contributed by atoms with van der Waals surface area (Å²) in [6, 6.07) is 13.6. The first-order valence-electron chi connectivity index (χ1n) is 21.5. The van der Waals surface area contributed by atoms with E-state index in [9.17, 15) is 37.1 Å². The molecule has 12 nitrogen and oxygen atoms in total. The predicted octanol–water partition coefficient (Wildman–Crippen LogP) is 7.62. The van der Waals surface area contributed by atoms with Crippen molar-refractivity contribution in [2.45, 2.75) is 147 Å². The number of rotatable bonds is 13. The molecule has 6 rings (SSSR count). The zero-order chi connectivity index (χ0) is 44.3. The number of methoxy groups -OCH3 is 1. The van der Waals surface area contributed by atoms with Crippen molar-refractivity contribution < 1.29 is 56.1 Å². The van der Waals surface area contributed by atoms with Crippen LogP contribution in [-0.4, -0.2) is 85.7 Å². The lowest BCUT2D eigenvalue weighted by atomic mass is 9.78. The van der Waals surface area contributed by atoms with Crippen LogP contribution in [0.2, 0.25) is 0 Å². The van der Waals surface area contributed by atoms with Crippen molar-refractivity contribution in [3.63, 3.8) is 0 Å². The molecule has 0 bridgehead atoms. The zero-order valence-corrected chi connectivity index (χ0v) is 35.9. The third-order valence-corrected chi connectivity index (χ3v) is 12.3. The van der Waals surface area contributed by atoms with E-state index in [1.54, 1.807) is 25.7 Å². The molecule has 2 aliphatic carbocycles. The summed E-state index contributed by atoms with van der Waals surface area (Å²) in [7, 11) is 1.35. The Morgan fingerprint density at radius 1 is 0.902 bits per heavy atom. The number of fused-ring (bicyclic) bond motifs is 1. The van der Waals surface area contributed by atoms with Gasteiger partial charge >= 0.3 is 24.2 Å². The van der Waals surface area contributed by atoms with E-state index in [2.05, 4.69) is 10.6 Å². The number of amides is 2. The van der Waals surface area contributed by atoms with E-state index in [-0.39, 0.29) is 55.9 Å². The minimum Gasteiger partial charge on any atom is -0.469 e. The number of hydrogen-bond acceptors (Lipinski definition) is 10. The fourth-order valence-corrected chi connectivity index (χ4v) is 9.12. The maximum Gasteiger partial charge on any atom is 0.416 e. The molecule has 2 amide bonds. The smallest absolute Gasteiger partial charge is 0.416 e. The second kappa shape index (κ2) is 21.0. The van der Waals surface area contributed by atoms with Crippen LogP contribution in [-0.2, 0) is 63.9 Å². The van der Waals surface area contributed by atoms with Gasteiger partial charge in [0.05, 0.1) is 23.5 Å². The molecule has 336 valence electrons. The van der Waals surface area contributed by atoms with Crippen molar-refractivity contribution in [1.29, 1.82) is 0 Å². The predicted molar refractivity (Wildman–Crippen MR) is 220 cm³/mol. The number of aldehydes is 1. The first kappa shape index (κ1) is 47.5. The minimum absolute atomic E-state index is 0.00158. The van der Waals surface area contributed by atoms with Gasteiger partial charge in [-0.15, -0.1) is 0 Å². The van der Waals surface area contributed by atoms with Crippen LogP contribution in [0.15, 0.2) is 48.5 Å². The van der Waals surface area contributed by atoms with Gasteiger partial charge in [-0.1, -0.05) is 36.4 Å². The topological polar surface area (TPSA) is 150 Å². The van der Waals surface area contributed by atoms with Gasteiger partial charge in [-0.3, -0.25) is 14.4 Å². The second-order valence-electron chi connectivity index (χ2n) is 18.0. The van der Waals surface area contributed by atoms with Gasteiger partial charge in [0.1, 0.15) is 18.5 Å². The first-order chi connectivity index (χ1) is 28.9. The van der Waals surface area contributed by atoms with Gasteiger partial charge in [-0.2, -0.15) is 13.2 Å². The maximum atomic E-state index is 13.9. The van der Waals surface area contributed by atoms with Crippen LogP contribution in [0, 0.1) is 10.8 Å². The van der Waals surface area contributed by atoms with Crippen molar-refractivity contribution in [3.05, 3.63) is 70.8 Å². The lowest BCUT2D eigenvalue weighted by Crippen LogP contribution is -2.47. The van der Waals surface area contributed by atoms with Crippen LogP contribution in [0.1, 0.15) is 120 Å². The number of carbonyl (C=O) groups is 5. The van der Waals surface area contributed by atoms with Gasteiger partial charge in [0.2, 0.25) is 5.91 Å². The summed E-state index contributed by atoms with van der Waals surface area (Å²) in [5, 5.41) is 6.51. The van der Waals surface area contributed by atoms with E-state index in [4.69, 9.17) is 18.9 Å². The van der Waals surface area contributed by atoms with E-state index >= 15 is 0 Å². The highest BCUT2D eigenvalue weighted by Gasteiger charge is 2.48. The average Bonchev–Trinajstić information content (AvgIpc) is 3.83. The van der Waals surface area contributed by atoms with E-state index < -0.39 is 34.3 Å². The number of carbonyl (C=O) groups excluding carboxylic acids is 5. The number of esters is 2. The minimum atomic E-state index is -4.41. The van der Waals surface area contributed by atoms with Crippen LogP contribution < -0.4 is 10.6 Å². The summed E-state index contributed by atoms with van der Waals surface area (Å²) in [5.41, 5.74) is -0.432. The van der Waals surface area contributed by atoms with E-state index in [1.165, 1.54) is 19.2 Å². The Kier molecular flexibility index (Phi) is 16.4. The molecule has 2 heterocycles. The highest BCUT2D eigenvalue weighted by atomic mass is 19.4. The van der Waals surface area contributed by atoms with E-state index in [0.29, 0.717) is 69.5 Å². The van der Waals surface area contributed by atoms with Crippen molar-refractivity contribution in [2.24, 2.45) is 10.8 Å². The van der Waals surface area contributed by atoms with Crippen LogP contribution >= 0.6 is 0 Å². The third kappa shape index (κ3) is 13.5.